The van der Waals surface area contributed by atoms with Crippen molar-refractivity contribution in [2.45, 2.75) is 25.8 Å². The maximum atomic E-state index is 11.0. The second kappa shape index (κ2) is 6.56. The summed E-state index contributed by atoms with van der Waals surface area (Å²) in [7, 11) is 2.00. The van der Waals surface area contributed by atoms with Crippen LogP contribution in [0.4, 0.5) is 11.4 Å². The van der Waals surface area contributed by atoms with Crippen molar-refractivity contribution < 1.29 is 9.66 Å². The Bertz CT molecular complexity index is 473. The molecule has 0 aromatic heterocycles. The predicted molar refractivity (Wildman–Crippen MR) is 78.6 cm³/mol. The first kappa shape index (κ1) is 14.6. The number of hydrogen-bond acceptors (Lipinski definition) is 5. The van der Waals surface area contributed by atoms with Crippen LogP contribution in [0.5, 0.6) is 5.75 Å². The molecule has 0 aliphatic carbocycles. The fourth-order valence-corrected chi connectivity index (χ4v) is 2.51. The molecule has 0 spiro atoms. The monoisotopic (exact) mass is 279 g/mol. The van der Waals surface area contributed by atoms with Gasteiger partial charge in [0.05, 0.1) is 11.5 Å². The summed E-state index contributed by atoms with van der Waals surface area (Å²) < 4.78 is 5.38. The fourth-order valence-electron chi connectivity index (χ4n) is 2.51. The molecule has 1 heterocycles. The van der Waals surface area contributed by atoms with E-state index in [1.165, 1.54) is 18.9 Å². The predicted octanol–water partition coefficient (Wildman–Crippen LogP) is 2.18. The van der Waals surface area contributed by atoms with Crippen LogP contribution in [-0.4, -0.2) is 37.7 Å². The highest BCUT2D eigenvalue weighted by molar-refractivity contribution is 5.59. The van der Waals surface area contributed by atoms with Crippen molar-refractivity contribution >= 4 is 11.4 Å². The molecule has 6 nitrogen and oxygen atoms in total. The van der Waals surface area contributed by atoms with Crippen molar-refractivity contribution in [1.82, 2.24) is 5.32 Å². The van der Waals surface area contributed by atoms with Gasteiger partial charge in [-0.3, -0.25) is 10.1 Å². The van der Waals surface area contributed by atoms with Gasteiger partial charge in [-0.05, 0) is 32.4 Å². The van der Waals surface area contributed by atoms with E-state index in [0.717, 1.165) is 18.8 Å². The number of nitrogens with zero attached hydrogens (tertiary/aromatic N) is 2. The van der Waals surface area contributed by atoms with Gasteiger partial charge in [0.1, 0.15) is 0 Å². The number of anilines is 1. The number of benzene rings is 1. The van der Waals surface area contributed by atoms with Crippen LogP contribution in [-0.2, 0) is 0 Å². The van der Waals surface area contributed by atoms with Crippen LogP contribution in [0.3, 0.4) is 0 Å². The van der Waals surface area contributed by atoms with Crippen molar-refractivity contribution in [2.75, 3.05) is 31.6 Å². The lowest BCUT2D eigenvalue weighted by Crippen LogP contribution is -2.35. The van der Waals surface area contributed by atoms with E-state index in [1.807, 2.05) is 14.0 Å². The highest BCUT2D eigenvalue weighted by Crippen LogP contribution is 2.31. The Labute approximate surface area is 118 Å². The number of nitrogens with one attached hydrogen (secondary N) is 1. The summed E-state index contributed by atoms with van der Waals surface area (Å²) in [6, 6.07) is 5.52. The number of rotatable bonds is 6. The van der Waals surface area contributed by atoms with Crippen molar-refractivity contribution in [3.05, 3.63) is 28.3 Å². The zero-order chi connectivity index (χ0) is 14.5. The molecule has 20 heavy (non-hydrogen) atoms. The number of ether oxygens (including phenoxy) is 1. The van der Waals surface area contributed by atoms with E-state index in [2.05, 4.69) is 10.2 Å². The van der Waals surface area contributed by atoms with Gasteiger partial charge in [0.15, 0.2) is 5.75 Å². The Morgan fingerprint density at radius 3 is 2.95 bits per heavy atom. The SMILES string of the molecule is CCOc1cc(N(C)CC2CCCN2)ccc1[N+](=O)[O-]. The molecule has 1 aliphatic heterocycles. The third kappa shape index (κ3) is 3.39. The lowest BCUT2D eigenvalue weighted by atomic mass is 10.2. The maximum absolute atomic E-state index is 11.0. The quantitative estimate of drug-likeness (QED) is 0.638. The summed E-state index contributed by atoms with van der Waals surface area (Å²) in [6.45, 7) is 4.20. The third-order valence-corrected chi connectivity index (χ3v) is 3.54. The zero-order valence-electron chi connectivity index (χ0n) is 12.0. The molecule has 1 fully saturated rings. The lowest BCUT2D eigenvalue weighted by Gasteiger charge is -2.23. The van der Waals surface area contributed by atoms with Gasteiger partial charge in [-0.25, -0.2) is 0 Å². The van der Waals surface area contributed by atoms with E-state index in [4.69, 9.17) is 4.74 Å². The summed E-state index contributed by atoms with van der Waals surface area (Å²) in [5.74, 6) is 0.334. The summed E-state index contributed by atoms with van der Waals surface area (Å²) in [5, 5.41) is 14.4. The van der Waals surface area contributed by atoms with Crippen molar-refractivity contribution in [2.24, 2.45) is 0 Å². The lowest BCUT2D eigenvalue weighted by molar-refractivity contribution is -0.385. The molecule has 6 heteroatoms. The van der Waals surface area contributed by atoms with Gasteiger partial charge in [0.25, 0.3) is 0 Å². The average molecular weight is 279 g/mol. The minimum atomic E-state index is -0.409. The van der Waals surface area contributed by atoms with E-state index >= 15 is 0 Å². The molecule has 1 atom stereocenters. The zero-order valence-corrected chi connectivity index (χ0v) is 12.0. The average Bonchev–Trinajstić information content (AvgIpc) is 2.91. The van der Waals surface area contributed by atoms with Gasteiger partial charge >= 0.3 is 5.69 Å². The van der Waals surface area contributed by atoms with E-state index < -0.39 is 4.92 Å². The number of hydrogen-bond donors (Lipinski definition) is 1. The Hall–Kier alpha value is -1.82. The van der Waals surface area contributed by atoms with E-state index in [1.54, 1.807) is 12.1 Å². The topological polar surface area (TPSA) is 67.6 Å². The van der Waals surface area contributed by atoms with Crippen LogP contribution >= 0.6 is 0 Å². The normalized spacial score (nSPS) is 18.0. The van der Waals surface area contributed by atoms with Crippen LogP contribution in [0.15, 0.2) is 18.2 Å². The maximum Gasteiger partial charge on any atom is 0.311 e. The molecule has 0 amide bonds. The molecular formula is C14H21N3O3. The second-order valence-electron chi connectivity index (χ2n) is 5.02. The molecule has 0 bridgehead atoms. The van der Waals surface area contributed by atoms with E-state index in [-0.39, 0.29) is 5.69 Å². The summed E-state index contributed by atoms with van der Waals surface area (Å²) >= 11 is 0. The molecule has 2 rings (SSSR count). The fraction of sp³-hybridized carbons (Fsp3) is 0.571. The first-order chi connectivity index (χ1) is 9.61. The highest BCUT2D eigenvalue weighted by atomic mass is 16.6. The van der Waals surface area contributed by atoms with Crippen LogP contribution in [0.2, 0.25) is 0 Å². The molecule has 110 valence electrons. The molecule has 1 aliphatic rings. The molecule has 1 N–H and O–H groups in total. The van der Waals surface area contributed by atoms with Gasteiger partial charge in [-0.1, -0.05) is 0 Å². The highest BCUT2D eigenvalue weighted by Gasteiger charge is 2.19. The molecule has 0 radical (unpaired) electrons. The number of nitro groups is 1. The molecule has 1 unspecified atom stereocenters. The van der Waals surface area contributed by atoms with Gasteiger partial charge in [0, 0.05) is 37.5 Å². The first-order valence-corrected chi connectivity index (χ1v) is 6.97. The van der Waals surface area contributed by atoms with Gasteiger partial charge in [-0.2, -0.15) is 0 Å². The van der Waals surface area contributed by atoms with Crippen molar-refractivity contribution in [1.29, 1.82) is 0 Å². The Balaban J connectivity index is 2.14. The summed E-state index contributed by atoms with van der Waals surface area (Å²) in [5.41, 5.74) is 0.954. The number of likely N-dealkylation sites (N-methyl/N-ethyl adjacent to an activating group) is 1. The van der Waals surface area contributed by atoms with Gasteiger partial charge in [0.2, 0.25) is 0 Å². The van der Waals surface area contributed by atoms with Gasteiger partial charge < -0.3 is 15.0 Å². The van der Waals surface area contributed by atoms with Crippen LogP contribution in [0.1, 0.15) is 19.8 Å². The van der Waals surface area contributed by atoms with Crippen LogP contribution in [0, 0.1) is 10.1 Å². The molecule has 1 aromatic rings. The molecular weight excluding hydrogens is 258 g/mol. The van der Waals surface area contributed by atoms with E-state index in [9.17, 15) is 10.1 Å². The Kier molecular flexibility index (Phi) is 4.79. The summed E-state index contributed by atoms with van der Waals surface area (Å²) in [6.07, 6.45) is 2.39. The molecule has 0 saturated carbocycles. The number of nitro benzene ring substituents is 1. The minimum Gasteiger partial charge on any atom is -0.487 e. The van der Waals surface area contributed by atoms with Crippen molar-refractivity contribution in [3.63, 3.8) is 0 Å². The summed E-state index contributed by atoms with van der Waals surface area (Å²) in [4.78, 5) is 12.7. The third-order valence-electron chi connectivity index (χ3n) is 3.54. The second-order valence-corrected chi connectivity index (χ2v) is 5.02. The van der Waals surface area contributed by atoms with Crippen LogP contribution < -0.4 is 15.0 Å². The minimum absolute atomic E-state index is 0.0167. The molecule has 1 saturated heterocycles. The van der Waals surface area contributed by atoms with Crippen LogP contribution in [0.25, 0.3) is 0 Å². The standard InChI is InChI=1S/C14H21N3O3/c1-3-20-14-9-12(6-7-13(14)17(18)19)16(2)10-11-5-4-8-15-11/h6-7,9,11,15H,3-5,8,10H2,1-2H3. The first-order valence-electron chi connectivity index (χ1n) is 6.97. The Morgan fingerprint density at radius 1 is 1.55 bits per heavy atom. The smallest absolute Gasteiger partial charge is 0.311 e. The largest absolute Gasteiger partial charge is 0.487 e. The van der Waals surface area contributed by atoms with Crippen molar-refractivity contribution in [3.8, 4) is 5.75 Å². The van der Waals surface area contributed by atoms with E-state index in [0.29, 0.717) is 18.4 Å². The van der Waals surface area contributed by atoms with Gasteiger partial charge in [-0.15, -0.1) is 0 Å². The molecule has 1 aromatic carbocycles. The Morgan fingerprint density at radius 2 is 2.35 bits per heavy atom.